The number of thioether (sulfide) groups is 1. The quantitative estimate of drug-likeness (QED) is 0.683. The topological polar surface area (TPSA) is 32.3 Å². The van der Waals surface area contributed by atoms with Crippen molar-refractivity contribution >= 4 is 11.8 Å². The Morgan fingerprint density at radius 2 is 2.12 bits per heavy atom. The molecule has 0 bridgehead atoms. The Kier molecular flexibility index (Phi) is 7.30. The molecule has 1 aromatic rings. The van der Waals surface area contributed by atoms with Gasteiger partial charge in [-0.3, -0.25) is 0 Å². The fourth-order valence-electron chi connectivity index (χ4n) is 1.51. The zero-order chi connectivity index (χ0) is 11.6. The largest absolute Gasteiger partial charge is 0.392 e. The van der Waals surface area contributed by atoms with Crippen LogP contribution in [-0.4, -0.2) is 23.2 Å². The van der Waals surface area contributed by atoms with E-state index < -0.39 is 0 Å². The summed E-state index contributed by atoms with van der Waals surface area (Å²) in [4.78, 5) is 0. The number of benzene rings is 1. The van der Waals surface area contributed by atoms with Crippen molar-refractivity contribution in [1.82, 2.24) is 5.32 Å². The van der Waals surface area contributed by atoms with Gasteiger partial charge in [0, 0.05) is 6.54 Å². The van der Waals surface area contributed by atoms with E-state index in [1.54, 1.807) is 0 Å². The molecule has 0 aromatic heterocycles. The maximum Gasteiger partial charge on any atom is 0.0681 e. The van der Waals surface area contributed by atoms with Gasteiger partial charge in [-0.15, -0.1) is 0 Å². The van der Waals surface area contributed by atoms with Crippen molar-refractivity contribution in [1.29, 1.82) is 0 Å². The van der Waals surface area contributed by atoms with Crippen LogP contribution >= 0.6 is 11.8 Å². The third kappa shape index (κ3) is 5.54. The van der Waals surface area contributed by atoms with Crippen LogP contribution in [0.3, 0.4) is 0 Å². The lowest BCUT2D eigenvalue weighted by molar-refractivity contribution is 0.281. The van der Waals surface area contributed by atoms with Crippen molar-refractivity contribution in [2.24, 2.45) is 0 Å². The average molecular weight is 239 g/mol. The van der Waals surface area contributed by atoms with Crippen LogP contribution < -0.4 is 5.32 Å². The van der Waals surface area contributed by atoms with E-state index in [1.807, 2.05) is 30.0 Å². The van der Waals surface area contributed by atoms with Crippen LogP contribution in [0.25, 0.3) is 0 Å². The number of hydrogen-bond donors (Lipinski definition) is 2. The predicted molar refractivity (Wildman–Crippen MR) is 71.7 cm³/mol. The minimum absolute atomic E-state index is 0.126. The van der Waals surface area contributed by atoms with Gasteiger partial charge in [-0.2, -0.15) is 11.8 Å². The van der Waals surface area contributed by atoms with Crippen molar-refractivity contribution < 1.29 is 5.11 Å². The molecule has 3 heteroatoms. The van der Waals surface area contributed by atoms with Gasteiger partial charge in [0.2, 0.25) is 0 Å². The third-order valence-electron chi connectivity index (χ3n) is 2.35. The highest BCUT2D eigenvalue weighted by atomic mass is 32.2. The lowest BCUT2D eigenvalue weighted by Crippen LogP contribution is -2.15. The van der Waals surface area contributed by atoms with Crippen molar-refractivity contribution in [2.45, 2.75) is 26.5 Å². The maximum absolute atomic E-state index is 9.01. The average Bonchev–Trinajstić information content (AvgIpc) is 2.34. The Morgan fingerprint density at radius 1 is 1.31 bits per heavy atom. The Bertz CT molecular complexity index is 291. The van der Waals surface area contributed by atoms with Gasteiger partial charge in [-0.05, 0) is 35.6 Å². The second-order valence-electron chi connectivity index (χ2n) is 3.71. The number of nitrogens with one attached hydrogen (secondary N) is 1. The SMILES string of the molecule is CCSCCCNCc1cccc(CO)c1. The van der Waals surface area contributed by atoms with E-state index in [4.69, 9.17) is 5.11 Å². The highest BCUT2D eigenvalue weighted by Gasteiger charge is 1.95. The fourth-order valence-corrected chi connectivity index (χ4v) is 2.15. The molecule has 0 saturated carbocycles. The maximum atomic E-state index is 9.01. The summed E-state index contributed by atoms with van der Waals surface area (Å²) in [7, 11) is 0. The summed E-state index contributed by atoms with van der Waals surface area (Å²) in [6, 6.07) is 8.08. The summed E-state index contributed by atoms with van der Waals surface area (Å²) in [5.74, 6) is 2.44. The summed E-state index contributed by atoms with van der Waals surface area (Å²) in [5, 5.41) is 12.4. The minimum Gasteiger partial charge on any atom is -0.392 e. The molecule has 16 heavy (non-hydrogen) atoms. The molecule has 90 valence electrons. The van der Waals surface area contributed by atoms with Gasteiger partial charge in [0.05, 0.1) is 6.61 Å². The van der Waals surface area contributed by atoms with Crippen molar-refractivity contribution in [3.05, 3.63) is 35.4 Å². The lowest BCUT2D eigenvalue weighted by atomic mass is 10.1. The molecular weight excluding hydrogens is 218 g/mol. The summed E-state index contributed by atoms with van der Waals surface area (Å²) in [6.07, 6.45) is 1.22. The first-order chi connectivity index (χ1) is 7.86. The molecule has 0 amide bonds. The van der Waals surface area contributed by atoms with Gasteiger partial charge in [-0.1, -0.05) is 31.2 Å². The highest BCUT2D eigenvalue weighted by Crippen LogP contribution is 2.05. The standard InChI is InChI=1S/C13H21NOS/c1-2-16-8-4-7-14-10-12-5-3-6-13(9-12)11-15/h3,5-6,9,14-15H,2,4,7-8,10-11H2,1H3. The Morgan fingerprint density at radius 3 is 2.88 bits per heavy atom. The molecular formula is C13H21NOS. The molecule has 0 aliphatic rings. The summed E-state index contributed by atoms with van der Waals surface area (Å²) < 4.78 is 0. The molecule has 0 aliphatic heterocycles. The number of rotatable bonds is 8. The molecule has 0 heterocycles. The zero-order valence-electron chi connectivity index (χ0n) is 9.91. The first-order valence-corrected chi connectivity index (χ1v) is 6.99. The van der Waals surface area contributed by atoms with E-state index in [0.717, 1.165) is 18.7 Å². The Hall–Kier alpha value is -0.510. The van der Waals surface area contributed by atoms with Crippen molar-refractivity contribution in [2.75, 3.05) is 18.1 Å². The van der Waals surface area contributed by atoms with Gasteiger partial charge < -0.3 is 10.4 Å². The number of hydrogen-bond acceptors (Lipinski definition) is 3. The summed E-state index contributed by atoms with van der Waals surface area (Å²) in [6.45, 7) is 4.28. The van der Waals surface area contributed by atoms with Crippen molar-refractivity contribution in [3.63, 3.8) is 0 Å². The smallest absolute Gasteiger partial charge is 0.0681 e. The van der Waals surface area contributed by atoms with Crippen LogP contribution in [0.15, 0.2) is 24.3 Å². The van der Waals surface area contributed by atoms with Crippen LogP contribution in [0.2, 0.25) is 0 Å². The lowest BCUT2D eigenvalue weighted by Gasteiger charge is -2.05. The molecule has 1 rings (SSSR count). The normalized spacial score (nSPS) is 10.6. The summed E-state index contributed by atoms with van der Waals surface area (Å²) >= 11 is 1.99. The Labute approximate surface area is 102 Å². The van der Waals surface area contributed by atoms with Crippen LogP contribution in [0.1, 0.15) is 24.5 Å². The van der Waals surface area contributed by atoms with E-state index in [1.165, 1.54) is 23.5 Å². The van der Waals surface area contributed by atoms with E-state index in [2.05, 4.69) is 18.3 Å². The summed E-state index contributed by atoms with van der Waals surface area (Å²) in [5.41, 5.74) is 2.23. The zero-order valence-corrected chi connectivity index (χ0v) is 10.7. The third-order valence-corrected chi connectivity index (χ3v) is 3.34. The van der Waals surface area contributed by atoms with Gasteiger partial charge in [0.1, 0.15) is 0 Å². The first-order valence-electron chi connectivity index (χ1n) is 5.84. The fraction of sp³-hybridized carbons (Fsp3) is 0.538. The molecule has 0 spiro atoms. The Balaban J connectivity index is 2.16. The molecule has 0 unspecified atom stereocenters. The molecule has 2 nitrogen and oxygen atoms in total. The van der Waals surface area contributed by atoms with Gasteiger partial charge in [0.25, 0.3) is 0 Å². The molecule has 0 fully saturated rings. The molecule has 0 atom stereocenters. The van der Waals surface area contributed by atoms with Gasteiger partial charge >= 0.3 is 0 Å². The number of aliphatic hydroxyl groups excluding tert-OH is 1. The van der Waals surface area contributed by atoms with Crippen LogP contribution in [0.5, 0.6) is 0 Å². The van der Waals surface area contributed by atoms with E-state index in [-0.39, 0.29) is 6.61 Å². The second-order valence-corrected chi connectivity index (χ2v) is 5.10. The van der Waals surface area contributed by atoms with Crippen molar-refractivity contribution in [3.8, 4) is 0 Å². The molecule has 2 N–H and O–H groups in total. The molecule has 0 aliphatic carbocycles. The molecule has 0 saturated heterocycles. The number of aliphatic hydroxyl groups is 1. The van der Waals surface area contributed by atoms with Crippen LogP contribution in [-0.2, 0) is 13.2 Å². The van der Waals surface area contributed by atoms with Crippen LogP contribution in [0, 0.1) is 0 Å². The predicted octanol–water partition coefficient (Wildman–Crippen LogP) is 2.41. The molecule has 0 radical (unpaired) electrons. The first kappa shape index (κ1) is 13.6. The van der Waals surface area contributed by atoms with Gasteiger partial charge in [0.15, 0.2) is 0 Å². The minimum atomic E-state index is 0.126. The van der Waals surface area contributed by atoms with E-state index in [0.29, 0.717) is 0 Å². The second kappa shape index (κ2) is 8.62. The highest BCUT2D eigenvalue weighted by molar-refractivity contribution is 7.99. The van der Waals surface area contributed by atoms with E-state index in [9.17, 15) is 0 Å². The molecule has 1 aromatic carbocycles. The van der Waals surface area contributed by atoms with E-state index >= 15 is 0 Å². The van der Waals surface area contributed by atoms with Crippen LogP contribution in [0.4, 0.5) is 0 Å². The monoisotopic (exact) mass is 239 g/mol. The van der Waals surface area contributed by atoms with Gasteiger partial charge in [-0.25, -0.2) is 0 Å².